The van der Waals surface area contributed by atoms with Crippen molar-refractivity contribution < 1.29 is 4.79 Å². The van der Waals surface area contributed by atoms with Crippen LogP contribution in [0.5, 0.6) is 0 Å². The van der Waals surface area contributed by atoms with Crippen molar-refractivity contribution in [3.63, 3.8) is 0 Å². The number of amides is 1. The van der Waals surface area contributed by atoms with Crippen molar-refractivity contribution in [1.82, 2.24) is 14.9 Å². The maximum atomic E-state index is 11.7. The van der Waals surface area contributed by atoms with E-state index in [1.165, 1.54) is 0 Å². The molecule has 8 heteroatoms. The average molecular weight is 277 g/mol. The molecule has 1 aromatic carbocycles. The molecule has 0 radical (unpaired) electrons. The van der Waals surface area contributed by atoms with E-state index in [-0.39, 0.29) is 16.8 Å². The average Bonchev–Trinajstić information content (AvgIpc) is 2.42. The van der Waals surface area contributed by atoms with E-state index in [9.17, 15) is 9.59 Å². The standard InChI is InChI=1S/C11H11N5O2S/c12-16-10(18)6-13-15-11(16)19-7-9(17)14-8-4-2-1-3-5-8/h1-6H,7,12H2,(H,14,17). The molecule has 0 spiro atoms. The summed E-state index contributed by atoms with van der Waals surface area (Å²) in [4.78, 5) is 22.9. The van der Waals surface area contributed by atoms with E-state index in [4.69, 9.17) is 5.84 Å². The van der Waals surface area contributed by atoms with Crippen molar-refractivity contribution in [2.24, 2.45) is 0 Å². The molecule has 0 aliphatic rings. The first-order valence-corrected chi connectivity index (χ1v) is 6.33. The van der Waals surface area contributed by atoms with Crippen LogP contribution >= 0.6 is 11.8 Å². The number of nitrogens with one attached hydrogen (secondary N) is 1. The molecule has 0 fully saturated rings. The topological polar surface area (TPSA) is 103 Å². The third kappa shape index (κ3) is 3.55. The molecule has 2 aromatic rings. The lowest BCUT2D eigenvalue weighted by Gasteiger charge is -2.05. The third-order valence-corrected chi connectivity index (χ3v) is 3.09. The molecule has 0 atom stereocenters. The Morgan fingerprint density at radius 2 is 2.11 bits per heavy atom. The number of rotatable bonds is 4. The second kappa shape index (κ2) is 6.01. The lowest BCUT2D eigenvalue weighted by atomic mass is 10.3. The molecule has 2 rings (SSSR count). The Labute approximate surface area is 112 Å². The van der Waals surface area contributed by atoms with Gasteiger partial charge in [-0.15, -0.1) is 5.10 Å². The molecule has 1 amide bonds. The molecule has 0 saturated carbocycles. The van der Waals surface area contributed by atoms with Crippen molar-refractivity contribution in [1.29, 1.82) is 0 Å². The highest BCUT2D eigenvalue weighted by Gasteiger charge is 2.08. The molecule has 1 heterocycles. The summed E-state index contributed by atoms with van der Waals surface area (Å²) >= 11 is 1.04. The number of thioether (sulfide) groups is 1. The Morgan fingerprint density at radius 3 is 2.84 bits per heavy atom. The summed E-state index contributed by atoms with van der Waals surface area (Å²) in [6.45, 7) is 0. The van der Waals surface area contributed by atoms with Crippen molar-refractivity contribution >= 4 is 23.4 Å². The molecule has 0 bridgehead atoms. The first kappa shape index (κ1) is 13.1. The summed E-state index contributed by atoms with van der Waals surface area (Å²) in [5.41, 5.74) is 0.235. The molecule has 7 nitrogen and oxygen atoms in total. The van der Waals surface area contributed by atoms with Crippen LogP contribution in [-0.2, 0) is 4.79 Å². The van der Waals surface area contributed by atoms with E-state index in [1.807, 2.05) is 18.2 Å². The predicted molar refractivity (Wildman–Crippen MR) is 72.2 cm³/mol. The van der Waals surface area contributed by atoms with E-state index in [0.29, 0.717) is 5.69 Å². The van der Waals surface area contributed by atoms with E-state index in [2.05, 4.69) is 15.5 Å². The first-order valence-electron chi connectivity index (χ1n) is 5.34. The van der Waals surface area contributed by atoms with E-state index in [0.717, 1.165) is 22.6 Å². The molecule has 0 saturated heterocycles. The van der Waals surface area contributed by atoms with E-state index >= 15 is 0 Å². The smallest absolute Gasteiger partial charge is 0.291 e. The lowest BCUT2D eigenvalue weighted by Crippen LogP contribution is -2.30. The number of para-hydroxylation sites is 1. The van der Waals surface area contributed by atoms with Crippen LogP contribution in [-0.4, -0.2) is 26.5 Å². The summed E-state index contributed by atoms with van der Waals surface area (Å²) in [5.74, 6) is 5.34. The summed E-state index contributed by atoms with van der Waals surface area (Å²) < 4.78 is 0.855. The van der Waals surface area contributed by atoms with E-state index < -0.39 is 5.56 Å². The first-order chi connectivity index (χ1) is 9.16. The van der Waals surface area contributed by atoms with Gasteiger partial charge in [0.2, 0.25) is 11.1 Å². The van der Waals surface area contributed by atoms with Gasteiger partial charge in [-0.3, -0.25) is 9.59 Å². The van der Waals surface area contributed by atoms with Gasteiger partial charge in [0.05, 0.1) is 5.75 Å². The predicted octanol–water partition coefficient (Wildman–Crippen LogP) is 0.0829. The van der Waals surface area contributed by atoms with Crippen LogP contribution in [0.15, 0.2) is 46.5 Å². The van der Waals surface area contributed by atoms with Crippen molar-refractivity contribution in [2.45, 2.75) is 5.16 Å². The van der Waals surface area contributed by atoms with Crippen molar-refractivity contribution in [3.05, 3.63) is 46.9 Å². The van der Waals surface area contributed by atoms with Gasteiger partial charge in [0, 0.05) is 5.69 Å². The quantitative estimate of drug-likeness (QED) is 0.606. The number of nitrogens with zero attached hydrogens (tertiary/aromatic N) is 3. The Balaban J connectivity index is 1.94. The summed E-state index contributed by atoms with van der Waals surface area (Å²) in [6.07, 6.45) is 1.01. The Bertz CT molecular complexity index is 628. The van der Waals surface area contributed by atoms with Gasteiger partial charge < -0.3 is 11.2 Å². The molecule has 1 aromatic heterocycles. The summed E-state index contributed by atoms with van der Waals surface area (Å²) in [6, 6.07) is 9.07. The highest BCUT2D eigenvalue weighted by Crippen LogP contribution is 2.12. The number of hydrogen-bond acceptors (Lipinski definition) is 6. The number of benzene rings is 1. The molecular formula is C11H11N5O2S. The summed E-state index contributed by atoms with van der Waals surface area (Å²) in [5, 5.41) is 10.1. The van der Waals surface area contributed by atoms with Crippen LogP contribution in [0.25, 0.3) is 0 Å². The van der Waals surface area contributed by atoms with Crippen molar-refractivity contribution in [2.75, 3.05) is 16.9 Å². The normalized spacial score (nSPS) is 10.1. The fourth-order valence-electron chi connectivity index (χ4n) is 1.28. The molecular weight excluding hydrogens is 266 g/mol. The molecule has 3 N–H and O–H groups in total. The monoisotopic (exact) mass is 277 g/mol. The molecule has 98 valence electrons. The van der Waals surface area contributed by atoms with Gasteiger partial charge in [-0.2, -0.15) is 9.77 Å². The highest BCUT2D eigenvalue weighted by molar-refractivity contribution is 7.99. The van der Waals surface area contributed by atoms with Crippen molar-refractivity contribution in [3.8, 4) is 0 Å². The number of anilines is 1. The largest absolute Gasteiger partial charge is 0.334 e. The maximum absolute atomic E-state index is 11.7. The fraction of sp³-hybridized carbons (Fsp3) is 0.0909. The zero-order valence-electron chi connectivity index (χ0n) is 9.81. The minimum absolute atomic E-state index is 0.0875. The number of nitrogen functional groups attached to an aromatic ring is 1. The SMILES string of the molecule is Nn1c(SCC(=O)Nc2ccccc2)nncc1=O. The minimum Gasteiger partial charge on any atom is -0.334 e. The zero-order valence-corrected chi connectivity index (χ0v) is 10.6. The Morgan fingerprint density at radius 1 is 1.37 bits per heavy atom. The van der Waals surface area contributed by atoms with Crippen LogP contribution in [0.1, 0.15) is 0 Å². The van der Waals surface area contributed by atoms with Crippen LogP contribution in [0.4, 0.5) is 5.69 Å². The second-order valence-electron chi connectivity index (χ2n) is 3.54. The molecule has 19 heavy (non-hydrogen) atoms. The molecule has 0 aliphatic heterocycles. The van der Waals surface area contributed by atoms with Crippen LogP contribution in [0, 0.1) is 0 Å². The minimum atomic E-state index is -0.471. The highest BCUT2D eigenvalue weighted by atomic mass is 32.2. The van der Waals surface area contributed by atoms with Gasteiger partial charge in [-0.05, 0) is 12.1 Å². The molecule has 0 aliphatic carbocycles. The Kier molecular flexibility index (Phi) is 4.14. The van der Waals surface area contributed by atoms with Gasteiger partial charge in [-0.25, -0.2) is 0 Å². The number of aromatic nitrogens is 3. The second-order valence-corrected chi connectivity index (χ2v) is 4.48. The van der Waals surface area contributed by atoms with Gasteiger partial charge in [0.25, 0.3) is 5.56 Å². The zero-order chi connectivity index (χ0) is 13.7. The van der Waals surface area contributed by atoms with Crippen LogP contribution in [0.2, 0.25) is 0 Å². The Hall–Kier alpha value is -2.35. The van der Waals surface area contributed by atoms with Gasteiger partial charge in [0.1, 0.15) is 6.20 Å². The van der Waals surface area contributed by atoms with Crippen LogP contribution < -0.4 is 16.7 Å². The van der Waals surface area contributed by atoms with Gasteiger partial charge in [0.15, 0.2) is 0 Å². The van der Waals surface area contributed by atoms with E-state index in [1.54, 1.807) is 12.1 Å². The lowest BCUT2D eigenvalue weighted by molar-refractivity contribution is -0.113. The van der Waals surface area contributed by atoms with Gasteiger partial charge >= 0.3 is 0 Å². The third-order valence-electron chi connectivity index (χ3n) is 2.14. The number of carbonyl (C=O) groups excluding carboxylic acids is 1. The maximum Gasteiger partial charge on any atom is 0.291 e. The number of carbonyl (C=O) groups is 1. The van der Waals surface area contributed by atoms with Crippen LogP contribution in [0.3, 0.4) is 0 Å². The number of nitrogens with two attached hydrogens (primary N) is 1. The molecule has 0 unspecified atom stereocenters. The van der Waals surface area contributed by atoms with Gasteiger partial charge in [-0.1, -0.05) is 30.0 Å². The fourth-order valence-corrected chi connectivity index (χ4v) is 1.95. The number of hydrogen-bond donors (Lipinski definition) is 2. The summed E-state index contributed by atoms with van der Waals surface area (Å²) in [7, 11) is 0.